The number of piperidine rings is 1. The molecule has 32 heavy (non-hydrogen) atoms. The SMILES string of the molecule is C/N=N\c1c(C)cc(-c2ccc(-c3cccc(CN4CCCCC4)c3)cc2)cc1C(=O)O. The van der Waals surface area contributed by atoms with Crippen LogP contribution < -0.4 is 0 Å². The number of hydrogen-bond acceptors (Lipinski definition) is 4. The maximum absolute atomic E-state index is 11.7. The van der Waals surface area contributed by atoms with Gasteiger partial charge in [-0.2, -0.15) is 10.2 Å². The van der Waals surface area contributed by atoms with Gasteiger partial charge in [0.15, 0.2) is 0 Å². The highest BCUT2D eigenvalue weighted by molar-refractivity contribution is 5.96. The maximum Gasteiger partial charge on any atom is 0.337 e. The second-order valence-electron chi connectivity index (χ2n) is 8.41. The van der Waals surface area contributed by atoms with E-state index in [0.29, 0.717) is 5.69 Å². The van der Waals surface area contributed by atoms with Crippen LogP contribution in [0.4, 0.5) is 5.69 Å². The van der Waals surface area contributed by atoms with Gasteiger partial charge in [0.1, 0.15) is 5.69 Å². The van der Waals surface area contributed by atoms with Crippen LogP contribution in [0.15, 0.2) is 70.9 Å². The fourth-order valence-corrected chi connectivity index (χ4v) is 4.42. The quantitative estimate of drug-likeness (QED) is 0.444. The van der Waals surface area contributed by atoms with Crippen molar-refractivity contribution in [3.63, 3.8) is 0 Å². The Morgan fingerprint density at radius 2 is 1.59 bits per heavy atom. The Labute approximate surface area is 189 Å². The molecule has 3 aromatic rings. The van der Waals surface area contributed by atoms with E-state index in [1.165, 1.54) is 43.5 Å². The van der Waals surface area contributed by atoms with Gasteiger partial charge in [-0.3, -0.25) is 4.90 Å². The molecule has 1 N–H and O–H groups in total. The van der Waals surface area contributed by atoms with Gasteiger partial charge in [0.05, 0.1) is 5.56 Å². The van der Waals surface area contributed by atoms with Gasteiger partial charge >= 0.3 is 5.97 Å². The fourth-order valence-electron chi connectivity index (χ4n) is 4.42. The molecule has 1 fully saturated rings. The Balaban J connectivity index is 1.59. The third-order valence-corrected chi connectivity index (χ3v) is 6.06. The number of nitrogens with zero attached hydrogens (tertiary/aromatic N) is 3. The summed E-state index contributed by atoms with van der Waals surface area (Å²) in [6, 6.07) is 20.7. The number of carbonyl (C=O) groups is 1. The van der Waals surface area contributed by atoms with Crippen LogP contribution in [0.25, 0.3) is 22.3 Å². The third-order valence-electron chi connectivity index (χ3n) is 6.06. The van der Waals surface area contributed by atoms with Crippen molar-refractivity contribution < 1.29 is 9.90 Å². The first kappa shape index (κ1) is 21.9. The van der Waals surface area contributed by atoms with Crippen LogP contribution >= 0.6 is 0 Å². The van der Waals surface area contributed by atoms with E-state index in [9.17, 15) is 9.90 Å². The van der Waals surface area contributed by atoms with E-state index >= 15 is 0 Å². The minimum absolute atomic E-state index is 0.167. The fraction of sp³-hybridized carbons (Fsp3) is 0.296. The molecular weight excluding hydrogens is 398 g/mol. The summed E-state index contributed by atoms with van der Waals surface area (Å²) in [6.07, 6.45) is 3.95. The molecule has 0 amide bonds. The van der Waals surface area contributed by atoms with Gasteiger partial charge in [0.2, 0.25) is 0 Å². The molecule has 1 aliphatic heterocycles. The van der Waals surface area contributed by atoms with Crippen molar-refractivity contribution in [2.45, 2.75) is 32.7 Å². The first-order valence-corrected chi connectivity index (χ1v) is 11.1. The standard InChI is InChI=1S/C27H29N3O2/c1-19-15-24(17-25(27(31)32)26(19)29-28-2)22-11-9-21(10-12-22)23-8-6-7-20(16-23)18-30-13-4-3-5-14-30/h6-12,15-17H,3-5,13-14,18H2,1-2H3,(H,31,32)/b29-28-. The van der Waals surface area contributed by atoms with Crippen LogP contribution in [0.1, 0.15) is 40.7 Å². The number of aromatic carboxylic acids is 1. The predicted octanol–water partition coefficient (Wildman–Crippen LogP) is 6.73. The molecule has 0 aliphatic carbocycles. The number of aryl methyl sites for hydroxylation is 1. The van der Waals surface area contributed by atoms with Gasteiger partial charge in [-0.15, -0.1) is 0 Å². The average Bonchev–Trinajstić information content (AvgIpc) is 2.81. The average molecular weight is 428 g/mol. The van der Waals surface area contributed by atoms with Crippen molar-refractivity contribution in [1.29, 1.82) is 0 Å². The summed E-state index contributed by atoms with van der Waals surface area (Å²) in [4.78, 5) is 14.3. The summed E-state index contributed by atoms with van der Waals surface area (Å²) in [6.45, 7) is 5.25. The summed E-state index contributed by atoms with van der Waals surface area (Å²) in [5, 5.41) is 17.4. The molecule has 1 aliphatic rings. The molecule has 0 unspecified atom stereocenters. The lowest BCUT2D eigenvalue weighted by atomic mass is 9.96. The van der Waals surface area contributed by atoms with Crippen molar-refractivity contribution in [3.05, 3.63) is 77.4 Å². The molecule has 5 nitrogen and oxygen atoms in total. The first-order valence-electron chi connectivity index (χ1n) is 11.1. The molecule has 5 heteroatoms. The molecular formula is C27H29N3O2. The summed E-state index contributed by atoms with van der Waals surface area (Å²) in [5.74, 6) is -1.00. The van der Waals surface area contributed by atoms with Gasteiger partial charge in [-0.25, -0.2) is 4.79 Å². The summed E-state index contributed by atoms with van der Waals surface area (Å²) in [7, 11) is 1.54. The number of carboxylic acids is 1. The van der Waals surface area contributed by atoms with Gasteiger partial charge in [0, 0.05) is 13.6 Å². The van der Waals surface area contributed by atoms with Crippen LogP contribution in [0.2, 0.25) is 0 Å². The topological polar surface area (TPSA) is 65.3 Å². The molecule has 0 atom stereocenters. The van der Waals surface area contributed by atoms with Crippen LogP contribution in [0.5, 0.6) is 0 Å². The zero-order chi connectivity index (χ0) is 22.5. The molecule has 0 saturated carbocycles. The van der Waals surface area contributed by atoms with Gasteiger partial charge in [-0.05, 0) is 84.4 Å². The zero-order valence-electron chi connectivity index (χ0n) is 18.7. The second kappa shape index (κ2) is 9.88. The minimum Gasteiger partial charge on any atom is -0.478 e. The molecule has 0 spiro atoms. The van der Waals surface area contributed by atoms with Crippen molar-refractivity contribution in [2.75, 3.05) is 20.1 Å². The molecule has 0 radical (unpaired) electrons. The van der Waals surface area contributed by atoms with E-state index in [1.807, 2.05) is 25.1 Å². The van der Waals surface area contributed by atoms with Crippen LogP contribution in [-0.4, -0.2) is 36.1 Å². The number of hydrogen-bond donors (Lipinski definition) is 1. The molecule has 1 heterocycles. The number of carboxylic acid groups (broad SMARTS) is 1. The second-order valence-corrected chi connectivity index (χ2v) is 8.41. The molecule has 0 aromatic heterocycles. The summed E-state index contributed by atoms with van der Waals surface area (Å²) in [5.41, 5.74) is 6.90. The van der Waals surface area contributed by atoms with E-state index in [1.54, 1.807) is 13.1 Å². The highest BCUT2D eigenvalue weighted by Crippen LogP contribution is 2.32. The van der Waals surface area contributed by atoms with Crippen molar-refractivity contribution in [1.82, 2.24) is 4.90 Å². The van der Waals surface area contributed by atoms with E-state index in [4.69, 9.17) is 0 Å². The molecule has 4 rings (SSSR count). The van der Waals surface area contributed by atoms with E-state index in [0.717, 1.165) is 28.8 Å². The minimum atomic E-state index is -1.00. The zero-order valence-corrected chi connectivity index (χ0v) is 18.7. The highest BCUT2D eigenvalue weighted by Gasteiger charge is 2.15. The van der Waals surface area contributed by atoms with E-state index < -0.39 is 5.97 Å². The summed E-state index contributed by atoms with van der Waals surface area (Å²) < 4.78 is 0. The Bertz CT molecular complexity index is 1130. The molecule has 3 aromatic carbocycles. The van der Waals surface area contributed by atoms with Crippen LogP contribution in [-0.2, 0) is 6.54 Å². The third kappa shape index (κ3) is 4.94. The number of benzene rings is 3. The number of azo groups is 1. The van der Waals surface area contributed by atoms with E-state index in [-0.39, 0.29) is 5.56 Å². The lowest BCUT2D eigenvalue weighted by molar-refractivity contribution is 0.0697. The smallest absolute Gasteiger partial charge is 0.337 e. The largest absolute Gasteiger partial charge is 0.478 e. The normalized spacial score (nSPS) is 14.7. The van der Waals surface area contributed by atoms with Crippen LogP contribution in [0.3, 0.4) is 0 Å². The van der Waals surface area contributed by atoms with Crippen molar-refractivity contribution in [2.24, 2.45) is 10.2 Å². The summed E-state index contributed by atoms with van der Waals surface area (Å²) >= 11 is 0. The maximum atomic E-state index is 11.7. The Morgan fingerprint density at radius 1 is 0.906 bits per heavy atom. The van der Waals surface area contributed by atoms with Gasteiger partial charge in [-0.1, -0.05) is 48.9 Å². The van der Waals surface area contributed by atoms with Crippen molar-refractivity contribution in [3.8, 4) is 22.3 Å². The Morgan fingerprint density at radius 3 is 2.25 bits per heavy atom. The van der Waals surface area contributed by atoms with Crippen LogP contribution in [0, 0.1) is 6.92 Å². The molecule has 0 bridgehead atoms. The first-order chi connectivity index (χ1) is 15.5. The molecule has 164 valence electrons. The highest BCUT2D eigenvalue weighted by atomic mass is 16.4. The lowest BCUT2D eigenvalue weighted by Gasteiger charge is -2.26. The Hall–Kier alpha value is -3.31. The lowest BCUT2D eigenvalue weighted by Crippen LogP contribution is -2.29. The molecule has 1 saturated heterocycles. The van der Waals surface area contributed by atoms with E-state index in [2.05, 4.69) is 51.5 Å². The number of rotatable bonds is 6. The van der Waals surface area contributed by atoms with Gasteiger partial charge < -0.3 is 5.11 Å². The predicted molar refractivity (Wildman–Crippen MR) is 129 cm³/mol. The Kier molecular flexibility index (Phi) is 6.76. The number of likely N-dealkylation sites (tertiary alicyclic amines) is 1. The van der Waals surface area contributed by atoms with Crippen molar-refractivity contribution >= 4 is 11.7 Å². The van der Waals surface area contributed by atoms with Gasteiger partial charge in [0.25, 0.3) is 0 Å². The monoisotopic (exact) mass is 427 g/mol.